The molecule has 0 aliphatic heterocycles. The predicted molar refractivity (Wildman–Crippen MR) is 117 cm³/mol. The van der Waals surface area contributed by atoms with Gasteiger partial charge < -0.3 is 20.1 Å². The van der Waals surface area contributed by atoms with Gasteiger partial charge in [-0.2, -0.15) is 0 Å². The zero-order valence-corrected chi connectivity index (χ0v) is 17.2. The van der Waals surface area contributed by atoms with Crippen molar-refractivity contribution < 1.29 is 19.4 Å². The molecule has 0 radical (unpaired) electrons. The molecule has 0 spiro atoms. The quantitative estimate of drug-likeness (QED) is 0.469. The van der Waals surface area contributed by atoms with Crippen LogP contribution in [0.4, 0.5) is 0 Å². The number of fused-ring (bicyclic) bond motifs is 1. The summed E-state index contributed by atoms with van der Waals surface area (Å²) in [6.45, 7) is 2.21. The fourth-order valence-corrected chi connectivity index (χ4v) is 3.64. The average Bonchev–Trinajstić information content (AvgIpc) is 3.08. The number of amides is 1. The summed E-state index contributed by atoms with van der Waals surface area (Å²) in [6.07, 6.45) is 3.49. The van der Waals surface area contributed by atoms with E-state index in [1.807, 2.05) is 37.3 Å². The number of aliphatic carboxylic acids is 1. The minimum absolute atomic E-state index is 0.115. The molecule has 2 aromatic carbocycles. The molecule has 0 aliphatic carbocycles. The first-order valence-corrected chi connectivity index (χ1v) is 10.2. The molecule has 1 amide bonds. The van der Waals surface area contributed by atoms with E-state index in [1.54, 1.807) is 6.07 Å². The zero-order valence-electron chi connectivity index (χ0n) is 17.2. The van der Waals surface area contributed by atoms with Crippen LogP contribution in [0.1, 0.15) is 37.4 Å². The number of hydrogen-bond donors (Lipinski definition) is 2. The maximum absolute atomic E-state index is 11.2. The van der Waals surface area contributed by atoms with Crippen molar-refractivity contribution in [2.75, 3.05) is 6.61 Å². The number of carbonyl (C=O) groups excluding carboxylic acids is 1. The number of hydrogen-bond acceptors (Lipinski definition) is 3. The Bertz CT molecular complexity index is 1010. The lowest BCUT2D eigenvalue weighted by molar-refractivity contribution is -0.139. The van der Waals surface area contributed by atoms with E-state index >= 15 is 0 Å². The Labute approximate surface area is 176 Å². The SMILES string of the molecule is CC(CCCCc1cc2c(OCC(=O)O)cccc2n1Cc1ccccc1)C(N)=O. The lowest BCUT2D eigenvalue weighted by Crippen LogP contribution is -2.20. The highest BCUT2D eigenvalue weighted by Gasteiger charge is 2.14. The van der Waals surface area contributed by atoms with Crippen molar-refractivity contribution in [2.24, 2.45) is 11.7 Å². The summed E-state index contributed by atoms with van der Waals surface area (Å²) in [5.74, 6) is -0.797. The minimum atomic E-state index is -1.00. The van der Waals surface area contributed by atoms with Crippen molar-refractivity contribution in [3.05, 3.63) is 65.9 Å². The van der Waals surface area contributed by atoms with Gasteiger partial charge in [0, 0.05) is 23.5 Å². The van der Waals surface area contributed by atoms with Gasteiger partial charge in [0.15, 0.2) is 6.61 Å². The van der Waals surface area contributed by atoms with E-state index in [1.165, 1.54) is 5.56 Å². The van der Waals surface area contributed by atoms with Crippen molar-refractivity contribution in [2.45, 2.75) is 39.2 Å². The summed E-state index contributed by atoms with van der Waals surface area (Å²) in [7, 11) is 0. The van der Waals surface area contributed by atoms with Gasteiger partial charge in [-0.1, -0.05) is 49.7 Å². The Morgan fingerprint density at radius 3 is 2.57 bits per heavy atom. The van der Waals surface area contributed by atoms with Crippen LogP contribution in [0.2, 0.25) is 0 Å². The average molecular weight is 408 g/mol. The molecule has 0 fully saturated rings. The number of nitrogens with zero attached hydrogens (tertiary/aromatic N) is 1. The number of primary amides is 1. The Balaban J connectivity index is 1.86. The van der Waals surface area contributed by atoms with E-state index < -0.39 is 5.97 Å². The van der Waals surface area contributed by atoms with Crippen LogP contribution in [0, 0.1) is 5.92 Å². The molecule has 0 aliphatic rings. The summed E-state index contributed by atoms with van der Waals surface area (Å²) >= 11 is 0. The molecule has 3 N–H and O–H groups in total. The van der Waals surface area contributed by atoms with Gasteiger partial charge in [0.25, 0.3) is 0 Å². The predicted octanol–water partition coefficient (Wildman–Crippen LogP) is 3.99. The summed E-state index contributed by atoms with van der Waals surface area (Å²) < 4.78 is 7.78. The fourth-order valence-electron chi connectivity index (χ4n) is 3.64. The zero-order chi connectivity index (χ0) is 21.5. The second kappa shape index (κ2) is 9.96. The standard InChI is InChI=1S/C24H28N2O4/c1-17(24(25)29)8-5-6-11-19-14-20-21(12-7-13-22(20)30-16-23(27)28)26(19)15-18-9-3-2-4-10-18/h2-4,7,9-10,12-14,17H,5-6,8,11,15-16H2,1H3,(H2,25,29)(H,27,28). The van der Waals surface area contributed by atoms with Crippen LogP contribution in [0.15, 0.2) is 54.6 Å². The molecule has 3 aromatic rings. The highest BCUT2D eigenvalue weighted by molar-refractivity contribution is 5.88. The van der Waals surface area contributed by atoms with E-state index in [2.05, 4.69) is 22.8 Å². The normalized spacial score (nSPS) is 12.0. The fraction of sp³-hybridized carbons (Fsp3) is 0.333. The van der Waals surface area contributed by atoms with Gasteiger partial charge in [0.05, 0.1) is 5.52 Å². The number of unbranched alkanes of at least 4 members (excludes halogenated alkanes) is 1. The molecule has 6 nitrogen and oxygen atoms in total. The van der Waals surface area contributed by atoms with E-state index in [9.17, 15) is 9.59 Å². The molecule has 158 valence electrons. The first kappa shape index (κ1) is 21.4. The maximum Gasteiger partial charge on any atom is 0.341 e. The summed E-state index contributed by atoms with van der Waals surface area (Å²) in [5, 5.41) is 9.88. The number of benzene rings is 2. The van der Waals surface area contributed by atoms with E-state index in [0.717, 1.165) is 48.8 Å². The molecule has 30 heavy (non-hydrogen) atoms. The third-order valence-corrected chi connectivity index (χ3v) is 5.33. The van der Waals surface area contributed by atoms with Crippen molar-refractivity contribution >= 4 is 22.8 Å². The second-order valence-electron chi connectivity index (χ2n) is 7.63. The van der Waals surface area contributed by atoms with Gasteiger partial charge in [-0.05, 0) is 43.0 Å². The summed E-state index contributed by atoms with van der Waals surface area (Å²) in [6, 6.07) is 18.0. The number of aromatic nitrogens is 1. The van der Waals surface area contributed by atoms with Gasteiger partial charge in [0.1, 0.15) is 5.75 Å². The smallest absolute Gasteiger partial charge is 0.341 e. The van der Waals surface area contributed by atoms with Crippen molar-refractivity contribution in [1.29, 1.82) is 0 Å². The van der Waals surface area contributed by atoms with E-state index in [4.69, 9.17) is 15.6 Å². The maximum atomic E-state index is 11.2. The van der Waals surface area contributed by atoms with Crippen molar-refractivity contribution in [3.63, 3.8) is 0 Å². The summed E-state index contributed by atoms with van der Waals surface area (Å²) in [5.41, 5.74) is 8.72. The molecule has 3 rings (SSSR count). The number of aryl methyl sites for hydroxylation is 1. The third kappa shape index (κ3) is 5.41. The number of rotatable bonds is 11. The first-order valence-electron chi connectivity index (χ1n) is 10.2. The number of carboxylic acids is 1. The molecular formula is C24H28N2O4. The Kier molecular flexibility index (Phi) is 7.12. The monoisotopic (exact) mass is 408 g/mol. The van der Waals surface area contributed by atoms with E-state index in [0.29, 0.717) is 5.75 Å². The molecule has 0 bridgehead atoms. The number of ether oxygens (including phenoxy) is 1. The first-order chi connectivity index (χ1) is 14.5. The molecule has 0 saturated heterocycles. The molecular weight excluding hydrogens is 380 g/mol. The minimum Gasteiger partial charge on any atom is -0.481 e. The van der Waals surface area contributed by atoms with Gasteiger partial charge in [-0.25, -0.2) is 4.79 Å². The van der Waals surface area contributed by atoms with Crippen LogP contribution in [0.5, 0.6) is 5.75 Å². The lowest BCUT2D eigenvalue weighted by Gasteiger charge is -2.12. The molecule has 0 saturated carbocycles. The van der Waals surface area contributed by atoms with Crippen LogP contribution in [0.3, 0.4) is 0 Å². The largest absolute Gasteiger partial charge is 0.481 e. The summed E-state index contributed by atoms with van der Waals surface area (Å²) in [4.78, 5) is 22.2. The third-order valence-electron chi connectivity index (χ3n) is 5.33. The molecule has 6 heteroatoms. The molecule has 1 aromatic heterocycles. The molecule has 1 unspecified atom stereocenters. The van der Waals surface area contributed by atoms with Crippen molar-refractivity contribution in [1.82, 2.24) is 4.57 Å². The van der Waals surface area contributed by atoms with Gasteiger partial charge in [0.2, 0.25) is 5.91 Å². The molecule has 1 atom stereocenters. The van der Waals surface area contributed by atoms with Gasteiger partial charge >= 0.3 is 5.97 Å². The van der Waals surface area contributed by atoms with Crippen LogP contribution < -0.4 is 10.5 Å². The number of nitrogens with two attached hydrogens (primary N) is 1. The van der Waals surface area contributed by atoms with Gasteiger partial charge in [-0.3, -0.25) is 4.79 Å². The number of carbonyl (C=O) groups is 2. The number of carboxylic acid groups (broad SMARTS) is 1. The van der Waals surface area contributed by atoms with Crippen molar-refractivity contribution in [3.8, 4) is 5.75 Å². The van der Waals surface area contributed by atoms with Crippen LogP contribution in [-0.2, 0) is 22.6 Å². The van der Waals surface area contributed by atoms with Gasteiger partial charge in [-0.15, -0.1) is 0 Å². The molecule has 1 heterocycles. The Morgan fingerprint density at radius 2 is 1.87 bits per heavy atom. The highest BCUT2D eigenvalue weighted by atomic mass is 16.5. The Hall–Kier alpha value is -3.28. The lowest BCUT2D eigenvalue weighted by atomic mass is 10.0. The van der Waals surface area contributed by atoms with Crippen LogP contribution in [-0.4, -0.2) is 28.2 Å². The topological polar surface area (TPSA) is 94.6 Å². The highest BCUT2D eigenvalue weighted by Crippen LogP contribution is 2.30. The van der Waals surface area contributed by atoms with Crippen LogP contribution >= 0.6 is 0 Å². The second-order valence-corrected chi connectivity index (χ2v) is 7.63. The van der Waals surface area contributed by atoms with Crippen LogP contribution in [0.25, 0.3) is 10.9 Å². The Morgan fingerprint density at radius 1 is 1.10 bits per heavy atom. The van der Waals surface area contributed by atoms with E-state index in [-0.39, 0.29) is 18.4 Å².